The first-order chi connectivity index (χ1) is 11.8. The van der Waals surface area contributed by atoms with Crippen molar-refractivity contribution < 1.29 is 9.53 Å². The van der Waals surface area contributed by atoms with E-state index >= 15 is 0 Å². The number of nitrogens with one attached hydrogen (secondary N) is 3. The van der Waals surface area contributed by atoms with Crippen molar-refractivity contribution in [2.75, 3.05) is 32.1 Å². The van der Waals surface area contributed by atoms with Crippen molar-refractivity contribution in [3.8, 4) is 5.75 Å². The molecule has 24 heavy (non-hydrogen) atoms. The first-order valence-electron chi connectivity index (χ1n) is 8.18. The quantitative estimate of drug-likeness (QED) is 0.760. The zero-order valence-electron chi connectivity index (χ0n) is 13.8. The number of para-hydroxylation sites is 1. The van der Waals surface area contributed by atoms with E-state index in [1.807, 2.05) is 18.2 Å². The minimum Gasteiger partial charge on any atom is -0.496 e. The van der Waals surface area contributed by atoms with Crippen molar-refractivity contribution >= 4 is 11.7 Å². The zero-order chi connectivity index (χ0) is 16.8. The molecule has 128 valence electrons. The summed E-state index contributed by atoms with van der Waals surface area (Å²) in [5.41, 5.74) is 1.74. The van der Waals surface area contributed by atoms with E-state index in [2.05, 4.69) is 31.8 Å². The fourth-order valence-corrected chi connectivity index (χ4v) is 3.11. The molecule has 1 aliphatic rings. The molecule has 0 spiro atoms. The van der Waals surface area contributed by atoms with Gasteiger partial charge in [0.25, 0.3) is 0 Å². The summed E-state index contributed by atoms with van der Waals surface area (Å²) in [4.78, 5) is 14.5. The summed E-state index contributed by atoms with van der Waals surface area (Å²) in [6.07, 6.45) is 5.58. The molecule has 1 aromatic heterocycles. The van der Waals surface area contributed by atoms with Crippen LogP contribution in [0.25, 0.3) is 0 Å². The SMILES string of the molecule is COc1ccccc1C(CNC(=O)Nc1cn[nH]c1)N1CCCC1. The van der Waals surface area contributed by atoms with Gasteiger partial charge < -0.3 is 15.4 Å². The molecular formula is C17H23N5O2. The Morgan fingerprint density at radius 3 is 2.88 bits per heavy atom. The van der Waals surface area contributed by atoms with Gasteiger partial charge in [0.2, 0.25) is 0 Å². The van der Waals surface area contributed by atoms with Gasteiger partial charge in [-0.3, -0.25) is 10.00 Å². The second kappa shape index (κ2) is 7.83. The minimum atomic E-state index is -0.240. The fourth-order valence-electron chi connectivity index (χ4n) is 3.11. The predicted molar refractivity (Wildman–Crippen MR) is 92.2 cm³/mol. The number of likely N-dealkylation sites (tertiary alicyclic amines) is 1. The number of methoxy groups -OCH3 is 1. The lowest BCUT2D eigenvalue weighted by atomic mass is 10.0. The van der Waals surface area contributed by atoms with Gasteiger partial charge in [-0.1, -0.05) is 18.2 Å². The highest BCUT2D eigenvalue weighted by atomic mass is 16.5. The lowest BCUT2D eigenvalue weighted by Gasteiger charge is -2.29. The van der Waals surface area contributed by atoms with Crippen LogP contribution < -0.4 is 15.4 Å². The number of benzene rings is 1. The number of anilines is 1. The van der Waals surface area contributed by atoms with Crippen LogP contribution in [0.3, 0.4) is 0 Å². The Morgan fingerprint density at radius 1 is 1.38 bits per heavy atom. The van der Waals surface area contributed by atoms with Gasteiger partial charge in [-0.25, -0.2) is 4.79 Å². The van der Waals surface area contributed by atoms with Gasteiger partial charge in [-0.05, 0) is 32.0 Å². The summed E-state index contributed by atoms with van der Waals surface area (Å²) in [6.45, 7) is 2.59. The van der Waals surface area contributed by atoms with Crippen LogP contribution >= 0.6 is 0 Å². The highest BCUT2D eigenvalue weighted by Crippen LogP contribution is 2.31. The van der Waals surface area contributed by atoms with Gasteiger partial charge in [0, 0.05) is 18.3 Å². The molecule has 0 aliphatic carbocycles. The van der Waals surface area contributed by atoms with E-state index in [0.29, 0.717) is 12.2 Å². The van der Waals surface area contributed by atoms with Crippen molar-refractivity contribution in [2.45, 2.75) is 18.9 Å². The van der Waals surface area contributed by atoms with E-state index in [-0.39, 0.29) is 12.1 Å². The summed E-state index contributed by atoms with van der Waals surface area (Å²) in [7, 11) is 1.68. The van der Waals surface area contributed by atoms with E-state index in [9.17, 15) is 4.79 Å². The number of H-pyrrole nitrogens is 1. The summed E-state index contributed by atoms with van der Waals surface area (Å²) in [5, 5.41) is 12.2. The molecule has 0 saturated carbocycles. The summed E-state index contributed by atoms with van der Waals surface area (Å²) in [5.74, 6) is 0.853. The lowest BCUT2D eigenvalue weighted by molar-refractivity contribution is 0.224. The number of aromatic nitrogens is 2. The van der Waals surface area contributed by atoms with E-state index in [0.717, 1.165) is 24.4 Å². The number of hydrogen-bond donors (Lipinski definition) is 3. The van der Waals surface area contributed by atoms with Crippen LogP contribution in [0.4, 0.5) is 10.5 Å². The van der Waals surface area contributed by atoms with E-state index < -0.39 is 0 Å². The fraction of sp³-hybridized carbons (Fsp3) is 0.412. The summed E-state index contributed by atoms with van der Waals surface area (Å²) >= 11 is 0. The Bertz CT molecular complexity index is 653. The van der Waals surface area contributed by atoms with Gasteiger partial charge in [0.1, 0.15) is 5.75 Å². The van der Waals surface area contributed by atoms with Crippen LogP contribution in [0.1, 0.15) is 24.4 Å². The van der Waals surface area contributed by atoms with Crippen molar-refractivity contribution in [1.82, 2.24) is 20.4 Å². The highest BCUT2D eigenvalue weighted by molar-refractivity contribution is 5.88. The maximum absolute atomic E-state index is 12.1. The number of rotatable bonds is 6. The number of carbonyl (C=O) groups excluding carboxylic acids is 1. The Hall–Kier alpha value is -2.54. The molecule has 2 aromatic rings. The van der Waals surface area contributed by atoms with Gasteiger partial charge in [0.05, 0.1) is 25.0 Å². The Labute approximate surface area is 141 Å². The number of urea groups is 1. The standard InChI is InChI=1S/C17H23N5O2/c1-24-16-7-3-2-6-14(16)15(22-8-4-5-9-22)12-18-17(23)21-13-10-19-20-11-13/h2-3,6-7,10-11,15H,4-5,8-9,12H2,1H3,(H,19,20)(H2,18,21,23). The Balaban J connectivity index is 1.69. The van der Waals surface area contributed by atoms with Crippen LogP contribution in [-0.4, -0.2) is 47.9 Å². The number of carbonyl (C=O) groups is 1. The molecule has 1 atom stereocenters. The monoisotopic (exact) mass is 329 g/mol. The molecule has 1 unspecified atom stereocenters. The summed E-state index contributed by atoms with van der Waals surface area (Å²) < 4.78 is 5.51. The maximum Gasteiger partial charge on any atom is 0.319 e. The molecule has 7 nitrogen and oxygen atoms in total. The Kier molecular flexibility index (Phi) is 5.32. The largest absolute Gasteiger partial charge is 0.496 e. The van der Waals surface area contributed by atoms with Crippen LogP contribution in [0.5, 0.6) is 5.75 Å². The molecule has 1 aromatic carbocycles. The second-order valence-corrected chi connectivity index (χ2v) is 5.82. The van der Waals surface area contributed by atoms with Crippen molar-refractivity contribution in [1.29, 1.82) is 0 Å². The minimum absolute atomic E-state index is 0.0961. The molecule has 2 heterocycles. The third kappa shape index (κ3) is 3.86. The summed E-state index contributed by atoms with van der Waals surface area (Å²) in [6, 6.07) is 7.85. The number of ether oxygens (including phenoxy) is 1. The number of nitrogens with zero attached hydrogens (tertiary/aromatic N) is 2. The number of aromatic amines is 1. The number of amides is 2. The maximum atomic E-state index is 12.1. The predicted octanol–water partition coefficient (Wildman–Crippen LogP) is 2.38. The Morgan fingerprint density at radius 2 is 2.17 bits per heavy atom. The third-order valence-electron chi connectivity index (χ3n) is 4.29. The molecule has 1 aliphatic heterocycles. The van der Waals surface area contributed by atoms with Gasteiger partial charge in [0.15, 0.2) is 0 Å². The smallest absolute Gasteiger partial charge is 0.319 e. The first-order valence-corrected chi connectivity index (χ1v) is 8.18. The van der Waals surface area contributed by atoms with Gasteiger partial charge >= 0.3 is 6.03 Å². The van der Waals surface area contributed by atoms with E-state index in [1.165, 1.54) is 12.8 Å². The van der Waals surface area contributed by atoms with Crippen molar-refractivity contribution in [2.24, 2.45) is 0 Å². The third-order valence-corrected chi connectivity index (χ3v) is 4.29. The van der Waals surface area contributed by atoms with Crippen LogP contribution in [0.2, 0.25) is 0 Å². The van der Waals surface area contributed by atoms with E-state index in [1.54, 1.807) is 19.5 Å². The van der Waals surface area contributed by atoms with Gasteiger partial charge in [-0.15, -0.1) is 0 Å². The molecule has 1 fully saturated rings. The first kappa shape index (κ1) is 16.3. The van der Waals surface area contributed by atoms with E-state index in [4.69, 9.17) is 4.74 Å². The average molecular weight is 329 g/mol. The second-order valence-electron chi connectivity index (χ2n) is 5.82. The van der Waals surface area contributed by atoms with Crippen LogP contribution in [0.15, 0.2) is 36.7 Å². The highest BCUT2D eigenvalue weighted by Gasteiger charge is 2.26. The normalized spacial score (nSPS) is 15.9. The molecule has 0 radical (unpaired) electrons. The molecule has 3 rings (SSSR count). The number of hydrogen-bond acceptors (Lipinski definition) is 4. The molecule has 2 amide bonds. The molecule has 3 N–H and O–H groups in total. The van der Waals surface area contributed by atoms with Crippen LogP contribution in [0, 0.1) is 0 Å². The average Bonchev–Trinajstić information content (AvgIpc) is 3.29. The molecule has 0 bridgehead atoms. The molecule has 1 saturated heterocycles. The zero-order valence-corrected chi connectivity index (χ0v) is 13.8. The molecule has 7 heteroatoms. The molecular weight excluding hydrogens is 306 g/mol. The van der Waals surface area contributed by atoms with Crippen LogP contribution in [-0.2, 0) is 0 Å². The van der Waals surface area contributed by atoms with Gasteiger partial charge in [-0.2, -0.15) is 5.10 Å². The topological polar surface area (TPSA) is 82.3 Å². The lowest BCUT2D eigenvalue weighted by Crippen LogP contribution is -2.38. The van der Waals surface area contributed by atoms with Crippen molar-refractivity contribution in [3.05, 3.63) is 42.2 Å². The van der Waals surface area contributed by atoms with Crippen molar-refractivity contribution in [3.63, 3.8) is 0 Å².